The molecule has 4 heteroatoms. The highest BCUT2D eigenvalue weighted by atomic mass is 16.5. The first-order chi connectivity index (χ1) is 8.24. The molecule has 0 aliphatic carbocycles. The maximum Gasteiger partial charge on any atom is 0.331 e. The fraction of sp³-hybridized carbons (Fsp3) is 0.462. The van der Waals surface area contributed by atoms with E-state index in [-0.39, 0.29) is 5.97 Å². The van der Waals surface area contributed by atoms with Crippen molar-refractivity contribution >= 4 is 5.97 Å². The van der Waals surface area contributed by atoms with Gasteiger partial charge in [0.1, 0.15) is 11.3 Å². The van der Waals surface area contributed by atoms with Gasteiger partial charge in [0, 0.05) is 12.0 Å². The molecular formula is C13H17NO3. The molecule has 0 saturated heterocycles. The Morgan fingerprint density at radius 1 is 1.53 bits per heavy atom. The largest absolute Gasteiger partial charge is 0.493 e. The van der Waals surface area contributed by atoms with Crippen LogP contribution in [0.5, 0.6) is 5.75 Å². The summed E-state index contributed by atoms with van der Waals surface area (Å²) in [5.41, 5.74) is 0.0955. The van der Waals surface area contributed by atoms with E-state index in [1.165, 1.54) is 7.11 Å². The van der Waals surface area contributed by atoms with Gasteiger partial charge >= 0.3 is 5.97 Å². The summed E-state index contributed by atoms with van der Waals surface area (Å²) in [6, 6.07) is 7.60. The average molecular weight is 235 g/mol. The quantitative estimate of drug-likeness (QED) is 0.805. The van der Waals surface area contributed by atoms with Crippen molar-refractivity contribution in [3.8, 4) is 5.75 Å². The highest BCUT2D eigenvalue weighted by Gasteiger charge is 2.44. The number of ether oxygens (including phenoxy) is 2. The Hall–Kier alpha value is -1.55. The molecule has 1 aromatic rings. The predicted octanol–water partition coefficient (Wildman–Crippen LogP) is 1.45. The van der Waals surface area contributed by atoms with Crippen LogP contribution in [0.4, 0.5) is 0 Å². The molecule has 92 valence electrons. The second-order valence-electron chi connectivity index (χ2n) is 4.02. The van der Waals surface area contributed by atoms with Crippen LogP contribution in [0.1, 0.15) is 18.9 Å². The minimum absolute atomic E-state index is 0.255. The molecule has 1 N–H and O–H groups in total. The van der Waals surface area contributed by atoms with E-state index >= 15 is 0 Å². The Kier molecular flexibility index (Phi) is 3.33. The molecule has 1 aliphatic rings. The van der Waals surface area contributed by atoms with E-state index in [1.54, 1.807) is 0 Å². The third kappa shape index (κ3) is 1.89. The van der Waals surface area contributed by atoms with Crippen LogP contribution in [0.3, 0.4) is 0 Å². The first-order valence-corrected chi connectivity index (χ1v) is 5.80. The zero-order chi connectivity index (χ0) is 12.3. The van der Waals surface area contributed by atoms with Crippen LogP contribution in [-0.4, -0.2) is 26.2 Å². The molecule has 1 heterocycles. The van der Waals surface area contributed by atoms with Crippen molar-refractivity contribution in [3.05, 3.63) is 29.8 Å². The summed E-state index contributed by atoms with van der Waals surface area (Å²) in [5, 5.41) is 3.25. The van der Waals surface area contributed by atoms with Gasteiger partial charge in [0.05, 0.1) is 13.7 Å². The number of hydrogen-bond donors (Lipinski definition) is 1. The molecule has 0 fully saturated rings. The van der Waals surface area contributed by atoms with Gasteiger partial charge in [0.2, 0.25) is 0 Å². The first kappa shape index (κ1) is 11.9. The van der Waals surface area contributed by atoms with E-state index in [1.807, 2.05) is 31.2 Å². The average Bonchev–Trinajstić information content (AvgIpc) is 2.38. The van der Waals surface area contributed by atoms with Crippen LogP contribution in [0.2, 0.25) is 0 Å². The molecule has 4 nitrogen and oxygen atoms in total. The van der Waals surface area contributed by atoms with Crippen LogP contribution in [0, 0.1) is 0 Å². The maximum atomic E-state index is 12.1. The van der Waals surface area contributed by atoms with Crippen molar-refractivity contribution in [2.75, 3.05) is 20.3 Å². The van der Waals surface area contributed by atoms with Crippen LogP contribution in [0.25, 0.3) is 0 Å². The van der Waals surface area contributed by atoms with Gasteiger partial charge in [-0.25, -0.2) is 4.79 Å². The lowest BCUT2D eigenvalue weighted by atomic mass is 9.84. The molecule has 0 bridgehead atoms. The highest BCUT2D eigenvalue weighted by molar-refractivity contribution is 5.84. The molecule has 1 aromatic carbocycles. The Morgan fingerprint density at radius 3 is 3.00 bits per heavy atom. The van der Waals surface area contributed by atoms with Gasteiger partial charge in [0.15, 0.2) is 0 Å². The Bertz CT molecular complexity index is 419. The Labute approximate surface area is 101 Å². The standard InChI is InChI=1S/C13H17NO3/c1-3-14-13(12(15)16-2)8-9-17-11-7-5-4-6-10(11)13/h4-7,14H,3,8-9H2,1-2H3. The number of carbonyl (C=O) groups is 1. The Morgan fingerprint density at radius 2 is 2.29 bits per heavy atom. The van der Waals surface area contributed by atoms with E-state index in [9.17, 15) is 4.79 Å². The van der Waals surface area contributed by atoms with Gasteiger partial charge in [0.25, 0.3) is 0 Å². The summed E-state index contributed by atoms with van der Waals surface area (Å²) in [6.07, 6.45) is 0.588. The topological polar surface area (TPSA) is 47.6 Å². The number of methoxy groups -OCH3 is 1. The van der Waals surface area contributed by atoms with Crippen LogP contribution < -0.4 is 10.1 Å². The summed E-state index contributed by atoms with van der Waals surface area (Å²) in [6.45, 7) is 3.19. The maximum absolute atomic E-state index is 12.1. The molecular weight excluding hydrogens is 218 g/mol. The molecule has 0 radical (unpaired) electrons. The van der Waals surface area contributed by atoms with Gasteiger partial charge in [-0.15, -0.1) is 0 Å². The van der Waals surface area contributed by atoms with E-state index in [4.69, 9.17) is 9.47 Å². The number of esters is 1. The zero-order valence-corrected chi connectivity index (χ0v) is 10.2. The van der Waals surface area contributed by atoms with Gasteiger partial charge in [-0.05, 0) is 12.6 Å². The van der Waals surface area contributed by atoms with E-state index in [0.29, 0.717) is 19.6 Å². The highest BCUT2D eigenvalue weighted by Crippen LogP contribution is 2.37. The fourth-order valence-corrected chi connectivity index (χ4v) is 2.34. The van der Waals surface area contributed by atoms with Crippen molar-refractivity contribution in [1.82, 2.24) is 5.32 Å². The molecule has 2 rings (SSSR count). The molecule has 1 aliphatic heterocycles. The second-order valence-corrected chi connectivity index (χ2v) is 4.02. The molecule has 0 aromatic heterocycles. The summed E-state index contributed by atoms with van der Waals surface area (Å²) in [5.74, 6) is 0.500. The summed E-state index contributed by atoms with van der Waals surface area (Å²) in [4.78, 5) is 12.1. The zero-order valence-electron chi connectivity index (χ0n) is 10.2. The van der Waals surface area contributed by atoms with E-state index in [2.05, 4.69) is 5.32 Å². The number of rotatable bonds is 3. The number of benzene rings is 1. The minimum atomic E-state index is -0.766. The third-order valence-electron chi connectivity index (χ3n) is 3.09. The third-order valence-corrected chi connectivity index (χ3v) is 3.09. The number of carbonyl (C=O) groups excluding carboxylic acids is 1. The van der Waals surface area contributed by atoms with Crippen molar-refractivity contribution in [1.29, 1.82) is 0 Å². The van der Waals surface area contributed by atoms with Gasteiger partial charge in [-0.1, -0.05) is 25.1 Å². The van der Waals surface area contributed by atoms with Crippen LogP contribution in [0.15, 0.2) is 24.3 Å². The van der Waals surface area contributed by atoms with Crippen molar-refractivity contribution in [2.24, 2.45) is 0 Å². The van der Waals surface area contributed by atoms with Gasteiger partial charge < -0.3 is 9.47 Å². The predicted molar refractivity (Wildman–Crippen MR) is 63.9 cm³/mol. The molecule has 0 saturated carbocycles. The Balaban J connectivity index is 2.50. The van der Waals surface area contributed by atoms with Gasteiger partial charge in [-0.3, -0.25) is 5.32 Å². The van der Waals surface area contributed by atoms with Crippen LogP contribution >= 0.6 is 0 Å². The lowest BCUT2D eigenvalue weighted by Gasteiger charge is -2.36. The fourth-order valence-electron chi connectivity index (χ4n) is 2.34. The smallest absolute Gasteiger partial charge is 0.331 e. The SMILES string of the molecule is CCNC1(C(=O)OC)CCOc2ccccc21. The number of hydrogen-bond acceptors (Lipinski definition) is 4. The van der Waals surface area contributed by atoms with Crippen LogP contribution in [-0.2, 0) is 15.1 Å². The minimum Gasteiger partial charge on any atom is -0.493 e. The van der Waals surface area contributed by atoms with Crippen molar-refractivity contribution in [3.63, 3.8) is 0 Å². The number of likely N-dealkylation sites (N-methyl/N-ethyl adjacent to an activating group) is 1. The monoisotopic (exact) mass is 235 g/mol. The van der Waals surface area contributed by atoms with Crippen molar-refractivity contribution < 1.29 is 14.3 Å². The lowest BCUT2D eigenvalue weighted by Crippen LogP contribution is -2.52. The second kappa shape index (κ2) is 4.75. The number of nitrogens with one attached hydrogen (secondary N) is 1. The summed E-state index contributed by atoms with van der Waals surface area (Å²) in [7, 11) is 1.42. The molecule has 0 amide bonds. The molecule has 1 unspecified atom stereocenters. The normalized spacial score (nSPS) is 22.5. The first-order valence-electron chi connectivity index (χ1n) is 5.80. The van der Waals surface area contributed by atoms with Gasteiger partial charge in [-0.2, -0.15) is 0 Å². The van der Waals surface area contributed by atoms with Crippen molar-refractivity contribution in [2.45, 2.75) is 18.9 Å². The van der Waals surface area contributed by atoms with E-state index in [0.717, 1.165) is 11.3 Å². The van der Waals surface area contributed by atoms with E-state index < -0.39 is 5.54 Å². The number of fused-ring (bicyclic) bond motifs is 1. The molecule has 17 heavy (non-hydrogen) atoms. The molecule has 0 spiro atoms. The summed E-state index contributed by atoms with van der Waals surface area (Å²) >= 11 is 0. The summed E-state index contributed by atoms with van der Waals surface area (Å²) < 4.78 is 10.5. The number of para-hydroxylation sites is 1. The molecule has 1 atom stereocenters. The lowest BCUT2D eigenvalue weighted by molar-refractivity contribution is -0.150.